The van der Waals surface area contributed by atoms with Gasteiger partial charge in [0, 0.05) is 11.2 Å². The van der Waals surface area contributed by atoms with E-state index in [4.69, 9.17) is 36.3 Å². The number of nitrogens with zero attached hydrogens (tertiary/aromatic N) is 3. The second kappa shape index (κ2) is 6.38. The minimum absolute atomic E-state index is 0.270. The second-order valence-corrected chi connectivity index (χ2v) is 8.79. The zero-order valence-electron chi connectivity index (χ0n) is 16.5. The van der Waals surface area contributed by atoms with Gasteiger partial charge in [0.25, 0.3) is 0 Å². The summed E-state index contributed by atoms with van der Waals surface area (Å²) < 4.78 is 27.2. The number of hydrogen-bond donors (Lipinski definition) is 1. The molecule has 2 aromatic heterocycles. The van der Waals surface area contributed by atoms with Gasteiger partial charge in [-0.15, -0.1) is 0 Å². The van der Waals surface area contributed by atoms with Crippen LogP contribution in [0.3, 0.4) is 0 Å². The molecule has 30 heavy (non-hydrogen) atoms. The van der Waals surface area contributed by atoms with Gasteiger partial charge in [0.05, 0.1) is 12.0 Å². The number of hydrogen-bond acceptors (Lipinski definition) is 7. The molecule has 5 heterocycles. The zero-order valence-corrected chi connectivity index (χ0v) is 17.2. The highest BCUT2D eigenvalue weighted by atomic mass is 35.5. The van der Waals surface area contributed by atoms with Gasteiger partial charge in [0.1, 0.15) is 42.2 Å². The molecule has 0 bridgehead atoms. The lowest BCUT2D eigenvalue weighted by Gasteiger charge is -2.27. The third-order valence-corrected chi connectivity index (χ3v) is 6.24. The highest BCUT2D eigenvalue weighted by Crippen LogP contribution is 2.49. The number of halogens is 1. The van der Waals surface area contributed by atoms with Gasteiger partial charge >= 0.3 is 0 Å². The fraction of sp³-hybridized carbons (Fsp3) is 0.429. The van der Waals surface area contributed by atoms with Crippen molar-refractivity contribution in [3.8, 4) is 0 Å². The Morgan fingerprint density at radius 2 is 1.97 bits per heavy atom. The van der Waals surface area contributed by atoms with Crippen molar-refractivity contribution in [1.29, 1.82) is 0 Å². The number of anilines is 1. The van der Waals surface area contributed by atoms with E-state index in [2.05, 4.69) is 9.97 Å². The van der Waals surface area contributed by atoms with Crippen LogP contribution in [-0.4, -0.2) is 38.6 Å². The predicted molar refractivity (Wildman–Crippen MR) is 109 cm³/mol. The molecule has 8 nitrogen and oxygen atoms in total. The molecule has 5 atom stereocenters. The molecule has 3 aromatic rings. The third kappa shape index (κ3) is 2.68. The van der Waals surface area contributed by atoms with Crippen LogP contribution in [0, 0.1) is 0 Å². The van der Waals surface area contributed by atoms with Gasteiger partial charge in [-0.3, -0.25) is 0 Å². The van der Waals surface area contributed by atoms with Crippen LogP contribution in [0.2, 0.25) is 5.02 Å². The Morgan fingerprint density at radius 1 is 1.13 bits per heavy atom. The van der Waals surface area contributed by atoms with Crippen LogP contribution in [0.5, 0.6) is 0 Å². The first kappa shape index (κ1) is 18.5. The van der Waals surface area contributed by atoms with Crippen LogP contribution < -0.4 is 5.73 Å². The molecule has 0 spiro atoms. The van der Waals surface area contributed by atoms with Crippen molar-refractivity contribution in [2.24, 2.45) is 0 Å². The van der Waals surface area contributed by atoms with Gasteiger partial charge in [-0.2, -0.15) is 0 Å². The number of aromatic nitrogens is 3. The molecule has 1 aromatic carbocycles. The molecular formula is C21H21ClN4O4. The van der Waals surface area contributed by atoms with Crippen molar-refractivity contribution in [3.05, 3.63) is 52.9 Å². The van der Waals surface area contributed by atoms with Gasteiger partial charge in [0.15, 0.2) is 12.0 Å². The smallest absolute Gasteiger partial charge is 0.164 e. The number of ether oxygens (including phenoxy) is 4. The van der Waals surface area contributed by atoms with Gasteiger partial charge in [-0.05, 0) is 43.2 Å². The molecule has 0 radical (unpaired) electrons. The molecule has 9 heteroatoms. The predicted octanol–water partition coefficient (Wildman–Crippen LogP) is 3.36. The Labute approximate surface area is 177 Å². The molecule has 0 aliphatic carbocycles. The number of nitrogens with two attached hydrogens (primary N) is 1. The van der Waals surface area contributed by atoms with Crippen LogP contribution in [0.4, 0.5) is 5.82 Å². The van der Waals surface area contributed by atoms with E-state index in [0.717, 1.165) is 16.5 Å². The zero-order chi connectivity index (χ0) is 20.6. The van der Waals surface area contributed by atoms with E-state index < -0.39 is 12.0 Å². The quantitative estimate of drug-likeness (QED) is 0.668. The van der Waals surface area contributed by atoms with Gasteiger partial charge < -0.3 is 29.2 Å². The van der Waals surface area contributed by atoms with Crippen molar-refractivity contribution >= 4 is 28.5 Å². The van der Waals surface area contributed by atoms with E-state index >= 15 is 0 Å². The molecule has 3 aliphatic heterocycles. The molecule has 0 amide bonds. The normalized spacial score (nSPS) is 31.9. The Bertz CT molecular complexity index is 1150. The number of benzene rings is 1. The summed E-state index contributed by atoms with van der Waals surface area (Å²) in [7, 11) is 0. The molecule has 2 fully saturated rings. The lowest BCUT2D eigenvalue weighted by atomic mass is 9.97. The van der Waals surface area contributed by atoms with Crippen LogP contribution in [0.25, 0.3) is 11.0 Å². The van der Waals surface area contributed by atoms with Gasteiger partial charge in [-0.1, -0.05) is 17.7 Å². The Hall–Kier alpha value is -2.23. The summed E-state index contributed by atoms with van der Waals surface area (Å²) in [6.07, 6.45) is 1.68. The second-order valence-electron chi connectivity index (χ2n) is 8.35. The number of fused-ring (bicyclic) bond motifs is 3. The summed E-state index contributed by atoms with van der Waals surface area (Å²) in [4.78, 5) is 8.49. The average Bonchev–Trinajstić information content (AvgIpc) is 3.43. The first-order chi connectivity index (χ1) is 14.4. The molecule has 2 saturated heterocycles. The largest absolute Gasteiger partial charge is 0.383 e. The minimum atomic E-state index is -0.728. The van der Waals surface area contributed by atoms with Crippen LogP contribution >= 0.6 is 11.6 Å². The lowest BCUT2D eigenvalue weighted by molar-refractivity contribution is -0.210. The maximum absolute atomic E-state index is 6.54. The van der Waals surface area contributed by atoms with E-state index in [1.807, 2.05) is 48.9 Å². The van der Waals surface area contributed by atoms with Crippen molar-refractivity contribution in [3.63, 3.8) is 0 Å². The summed E-state index contributed by atoms with van der Waals surface area (Å²) in [6.45, 7) is 4.32. The van der Waals surface area contributed by atoms with E-state index in [0.29, 0.717) is 23.1 Å². The topological polar surface area (TPSA) is 93.7 Å². The highest BCUT2D eigenvalue weighted by molar-refractivity contribution is 6.30. The fourth-order valence-corrected chi connectivity index (χ4v) is 4.98. The number of nitrogen functional groups attached to an aromatic ring is 1. The summed E-state index contributed by atoms with van der Waals surface area (Å²) in [6, 6.07) is 7.71. The van der Waals surface area contributed by atoms with Crippen molar-refractivity contribution in [2.75, 3.05) is 5.73 Å². The van der Waals surface area contributed by atoms with E-state index in [9.17, 15) is 0 Å². The fourth-order valence-electron chi connectivity index (χ4n) is 4.79. The van der Waals surface area contributed by atoms with E-state index in [-0.39, 0.29) is 24.4 Å². The van der Waals surface area contributed by atoms with Crippen LogP contribution in [0.1, 0.15) is 37.3 Å². The monoisotopic (exact) mass is 428 g/mol. The number of rotatable bonds is 2. The van der Waals surface area contributed by atoms with E-state index in [1.54, 1.807) is 0 Å². The molecule has 6 rings (SSSR count). The molecule has 156 valence electrons. The molecule has 0 unspecified atom stereocenters. The van der Waals surface area contributed by atoms with Crippen LogP contribution in [0.15, 0.2) is 36.8 Å². The standard InChI is InChI=1S/C21H21ClN4O4/c1-21(2)29-16-15(14-12-4-3-11(22)7-10(12)8-27-14)28-20(17(16)30-21)26-6-5-13-18(23)24-9-25-19(13)26/h3-7,9,14-17,20H,8H2,1-2H3,(H2,23,24,25)/t14-,15+,16+,17+,20+/m0/s1. The van der Waals surface area contributed by atoms with Gasteiger partial charge in [-0.25, -0.2) is 9.97 Å². The first-order valence-electron chi connectivity index (χ1n) is 9.89. The maximum Gasteiger partial charge on any atom is 0.164 e. The summed E-state index contributed by atoms with van der Waals surface area (Å²) >= 11 is 6.16. The Morgan fingerprint density at radius 3 is 2.83 bits per heavy atom. The summed E-state index contributed by atoms with van der Waals surface area (Å²) in [5.74, 6) is -0.299. The Kier molecular flexibility index (Phi) is 3.94. The third-order valence-electron chi connectivity index (χ3n) is 6.01. The summed E-state index contributed by atoms with van der Waals surface area (Å²) in [5.41, 5.74) is 8.85. The average molecular weight is 429 g/mol. The molecule has 0 saturated carbocycles. The molecule has 2 N–H and O–H groups in total. The SMILES string of the molecule is CC1(C)O[C@H]2[C@@H](O1)[C@H](n1ccc3c(N)ncnc31)O[C@@H]2[C@H]1OCc2cc(Cl)ccc21. The lowest BCUT2D eigenvalue weighted by Crippen LogP contribution is -2.34. The van der Waals surface area contributed by atoms with Crippen molar-refractivity contribution in [2.45, 2.75) is 56.9 Å². The van der Waals surface area contributed by atoms with Crippen molar-refractivity contribution < 1.29 is 18.9 Å². The Balaban J connectivity index is 1.41. The van der Waals surface area contributed by atoms with Crippen molar-refractivity contribution in [1.82, 2.24) is 14.5 Å². The van der Waals surface area contributed by atoms with Crippen LogP contribution in [-0.2, 0) is 25.6 Å². The van der Waals surface area contributed by atoms with Gasteiger partial charge in [0.2, 0.25) is 0 Å². The molecule has 3 aliphatic rings. The maximum atomic E-state index is 6.54. The summed E-state index contributed by atoms with van der Waals surface area (Å²) in [5, 5.41) is 1.47. The highest BCUT2D eigenvalue weighted by Gasteiger charge is 2.59. The minimum Gasteiger partial charge on any atom is -0.383 e. The first-order valence-corrected chi connectivity index (χ1v) is 10.3. The molecular weight excluding hydrogens is 408 g/mol. The van der Waals surface area contributed by atoms with E-state index in [1.165, 1.54) is 6.33 Å².